The molecule has 32 heavy (non-hydrogen) atoms. The number of carboxylic acid groups (broad SMARTS) is 1. The second-order valence-corrected chi connectivity index (χ2v) is 7.92. The van der Waals surface area contributed by atoms with Crippen LogP contribution in [0.4, 0.5) is 5.69 Å². The molecule has 1 aliphatic heterocycles. The van der Waals surface area contributed by atoms with Crippen LogP contribution in [0.5, 0.6) is 0 Å². The van der Waals surface area contributed by atoms with Crippen LogP contribution < -0.4 is 10.2 Å². The topological polar surface area (TPSA) is 91.6 Å². The fraction of sp³-hybridized carbons (Fsp3) is 0. The van der Waals surface area contributed by atoms with Gasteiger partial charge in [0.15, 0.2) is 5.11 Å². The van der Waals surface area contributed by atoms with Gasteiger partial charge in [-0.25, -0.2) is 4.79 Å². The Bertz CT molecular complexity index is 1330. The van der Waals surface area contributed by atoms with Crippen molar-refractivity contribution in [2.75, 3.05) is 4.90 Å². The molecule has 4 rings (SSSR count). The van der Waals surface area contributed by atoms with Crippen LogP contribution in [0, 0.1) is 0 Å². The largest absolute Gasteiger partial charge is 0.478 e. The Morgan fingerprint density at radius 2 is 1.78 bits per heavy atom. The maximum absolute atomic E-state index is 13.2. The molecule has 0 bridgehead atoms. The minimum Gasteiger partial charge on any atom is -0.478 e. The van der Waals surface area contributed by atoms with E-state index >= 15 is 0 Å². The number of aromatic nitrogens is 1. The monoisotopic (exact) mass is 485 g/mol. The van der Waals surface area contributed by atoms with Crippen molar-refractivity contribution < 1.29 is 19.5 Å². The SMILES string of the molecule is O=C1NC(=S)N(c2ccc(Cl)c(Cl)c2)C(=O)/C1=C/c1cccn1-c1cccc(C(=O)O)c1. The second-order valence-electron chi connectivity index (χ2n) is 6.71. The number of amides is 2. The number of carboxylic acids is 1. The van der Waals surface area contributed by atoms with Gasteiger partial charge in [-0.15, -0.1) is 0 Å². The highest BCUT2D eigenvalue weighted by atomic mass is 35.5. The minimum atomic E-state index is -1.06. The summed E-state index contributed by atoms with van der Waals surface area (Å²) in [6, 6.07) is 14.3. The lowest BCUT2D eigenvalue weighted by Gasteiger charge is -2.29. The predicted molar refractivity (Wildman–Crippen MR) is 125 cm³/mol. The average molecular weight is 486 g/mol. The van der Waals surface area contributed by atoms with Crippen molar-refractivity contribution in [3.63, 3.8) is 0 Å². The highest BCUT2D eigenvalue weighted by Crippen LogP contribution is 2.29. The molecule has 1 saturated heterocycles. The van der Waals surface area contributed by atoms with Gasteiger partial charge in [0.2, 0.25) is 0 Å². The van der Waals surface area contributed by atoms with Crippen LogP contribution >= 0.6 is 35.4 Å². The van der Waals surface area contributed by atoms with Crippen LogP contribution in [0.15, 0.2) is 66.4 Å². The number of thiocarbonyl (C=S) groups is 1. The summed E-state index contributed by atoms with van der Waals surface area (Å²) in [5.74, 6) is -2.35. The molecule has 2 amide bonds. The van der Waals surface area contributed by atoms with Gasteiger partial charge in [-0.2, -0.15) is 0 Å². The first-order valence-corrected chi connectivity index (χ1v) is 10.3. The number of nitrogens with one attached hydrogen (secondary N) is 1. The van der Waals surface area contributed by atoms with Gasteiger partial charge >= 0.3 is 5.97 Å². The van der Waals surface area contributed by atoms with Gasteiger partial charge in [0.1, 0.15) is 5.57 Å². The van der Waals surface area contributed by atoms with E-state index in [2.05, 4.69) is 5.32 Å². The fourth-order valence-electron chi connectivity index (χ4n) is 3.20. The Balaban J connectivity index is 1.75. The molecule has 2 aromatic carbocycles. The Labute approximate surface area is 197 Å². The number of carbonyl (C=O) groups is 3. The zero-order valence-corrected chi connectivity index (χ0v) is 18.4. The normalized spacial score (nSPS) is 15.2. The lowest BCUT2D eigenvalue weighted by Crippen LogP contribution is -2.54. The van der Waals surface area contributed by atoms with Gasteiger partial charge in [0, 0.05) is 17.6 Å². The van der Waals surface area contributed by atoms with E-state index in [4.69, 9.17) is 35.4 Å². The van der Waals surface area contributed by atoms with Crippen LogP contribution in [0.25, 0.3) is 11.8 Å². The van der Waals surface area contributed by atoms with Crippen LogP contribution in [-0.2, 0) is 9.59 Å². The molecule has 2 heterocycles. The third kappa shape index (κ3) is 4.03. The first-order valence-electron chi connectivity index (χ1n) is 9.14. The summed E-state index contributed by atoms with van der Waals surface area (Å²) in [7, 11) is 0. The highest BCUT2D eigenvalue weighted by Gasteiger charge is 2.35. The summed E-state index contributed by atoms with van der Waals surface area (Å²) in [5, 5.41) is 12.2. The molecule has 0 saturated carbocycles. The van der Waals surface area contributed by atoms with Gasteiger partial charge in [0.05, 0.1) is 21.3 Å². The maximum Gasteiger partial charge on any atom is 0.335 e. The number of anilines is 1. The van der Waals surface area contributed by atoms with Gasteiger partial charge in [-0.05, 0) is 66.8 Å². The van der Waals surface area contributed by atoms with Crippen molar-refractivity contribution in [1.29, 1.82) is 0 Å². The number of hydrogen-bond donors (Lipinski definition) is 2. The fourth-order valence-corrected chi connectivity index (χ4v) is 3.77. The summed E-state index contributed by atoms with van der Waals surface area (Å²) < 4.78 is 1.66. The molecule has 1 fully saturated rings. The van der Waals surface area contributed by atoms with Crippen molar-refractivity contribution in [2.45, 2.75) is 0 Å². The van der Waals surface area contributed by atoms with Crippen LogP contribution in [0.2, 0.25) is 10.0 Å². The Hall–Kier alpha value is -3.46. The van der Waals surface area contributed by atoms with Gasteiger partial charge in [0.25, 0.3) is 11.8 Å². The Kier molecular flexibility index (Phi) is 5.84. The number of aromatic carboxylic acids is 1. The van der Waals surface area contributed by atoms with Crippen molar-refractivity contribution >= 4 is 70.1 Å². The molecular formula is C22H13Cl2N3O4S. The molecule has 0 unspecified atom stereocenters. The zero-order valence-electron chi connectivity index (χ0n) is 16.1. The third-order valence-electron chi connectivity index (χ3n) is 4.71. The van der Waals surface area contributed by atoms with E-state index in [1.807, 2.05) is 0 Å². The molecule has 0 atom stereocenters. The molecule has 0 aliphatic carbocycles. The second kappa shape index (κ2) is 8.58. The third-order valence-corrected chi connectivity index (χ3v) is 5.73. The molecule has 2 N–H and O–H groups in total. The molecule has 0 spiro atoms. The van der Waals surface area contributed by atoms with Crippen LogP contribution in [-0.4, -0.2) is 32.6 Å². The van der Waals surface area contributed by atoms with Gasteiger partial charge in [-0.3, -0.25) is 19.8 Å². The van der Waals surface area contributed by atoms with Gasteiger partial charge < -0.3 is 9.67 Å². The van der Waals surface area contributed by atoms with Crippen LogP contribution in [0.3, 0.4) is 0 Å². The van der Waals surface area contributed by atoms with Crippen molar-refractivity contribution in [2.24, 2.45) is 0 Å². The smallest absolute Gasteiger partial charge is 0.335 e. The summed E-state index contributed by atoms with van der Waals surface area (Å²) >= 11 is 17.2. The van der Waals surface area contributed by atoms with E-state index in [1.165, 1.54) is 30.3 Å². The molecule has 1 aromatic heterocycles. The molecule has 1 aliphatic rings. The van der Waals surface area contributed by atoms with Gasteiger partial charge in [-0.1, -0.05) is 29.3 Å². The summed E-state index contributed by atoms with van der Waals surface area (Å²) in [6.45, 7) is 0. The van der Waals surface area contributed by atoms with Crippen LogP contribution in [0.1, 0.15) is 16.1 Å². The van der Waals surface area contributed by atoms with E-state index in [1.54, 1.807) is 41.1 Å². The molecule has 160 valence electrons. The predicted octanol–water partition coefficient (Wildman–Crippen LogP) is 4.31. The number of nitrogens with zero attached hydrogens (tertiary/aromatic N) is 2. The summed E-state index contributed by atoms with van der Waals surface area (Å²) in [6.07, 6.45) is 3.11. The Morgan fingerprint density at radius 3 is 2.50 bits per heavy atom. The van der Waals surface area contributed by atoms with E-state index in [-0.39, 0.29) is 21.3 Å². The summed E-state index contributed by atoms with van der Waals surface area (Å²) in [4.78, 5) is 38.2. The first-order chi connectivity index (χ1) is 15.3. The standard InChI is InChI=1S/C22H13Cl2N3O4S/c23-17-7-6-15(11-18(17)24)27-20(29)16(19(28)25-22(27)32)10-14-5-2-8-26(14)13-4-1-3-12(9-13)21(30)31/h1-11H,(H,30,31)(H,25,28,32)/b16-10+. The lowest BCUT2D eigenvalue weighted by molar-refractivity contribution is -0.122. The number of rotatable bonds is 4. The zero-order chi connectivity index (χ0) is 23.0. The molecule has 3 aromatic rings. The van der Waals surface area contributed by atoms with E-state index in [9.17, 15) is 19.5 Å². The lowest BCUT2D eigenvalue weighted by atomic mass is 10.1. The van der Waals surface area contributed by atoms with E-state index in [0.29, 0.717) is 22.1 Å². The van der Waals surface area contributed by atoms with Crippen molar-refractivity contribution in [1.82, 2.24) is 9.88 Å². The summed E-state index contributed by atoms with van der Waals surface area (Å²) in [5.41, 5.74) is 1.36. The number of halogens is 2. The molecular weight excluding hydrogens is 473 g/mol. The minimum absolute atomic E-state index is 0.0833. The first kappa shape index (κ1) is 21.8. The van der Waals surface area contributed by atoms with Crippen molar-refractivity contribution in [3.05, 3.63) is 87.7 Å². The number of benzene rings is 2. The number of hydrogen-bond acceptors (Lipinski definition) is 4. The van der Waals surface area contributed by atoms with E-state index in [0.717, 1.165) is 4.90 Å². The Morgan fingerprint density at radius 1 is 1.00 bits per heavy atom. The maximum atomic E-state index is 13.2. The number of carbonyl (C=O) groups excluding carboxylic acids is 2. The molecule has 7 nitrogen and oxygen atoms in total. The highest BCUT2D eigenvalue weighted by molar-refractivity contribution is 7.80. The molecule has 10 heteroatoms. The molecule has 0 radical (unpaired) electrons. The quantitative estimate of drug-likeness (QED) is 0.326. The van der Waals surface area contributed by atoms with E-state index < -0.39 is 17.8 Å². The van der Waals surface area contributed by atoms with Crippen molar-refractivity contribution in [3.8, 4) is 5.69 Å². The average Bonchev–Trinajstić information content (AvgIpc) is 3.22.